The molecule has 2 atom stereocenters. The number of carbonyl (C=O) groups excluding carboxylic acids is 1. The van der Waals surface area contributed by atoms with Gasteiger partial charge in [0.25, 0.3) is 0 Å². The molecule has 166 valence electrons. The van der Waals surface area contributed by atoms with Crippen molar-refractivity contribution in [3.05, 3.63) is 59.7 Å². The second kappa shape index (κ2) is 10.1. The molecule has 3 N–H and O–H groups in total. The standard InChI is InChI=1S/C24H32N4O3/c1-30-21-9-8-18(14-22(21)31-2)23-20(15-25-27-23)24(29)26-19-10-12-28(13-11-19)16-17-6-4-3-5-7-17/h3-9,14,19-20,23,25,27H,10-13,15-16H2,1-2H3,(H,26,29). The first-order valence-electron chi connectivity index (χ1n) is 10.9. The maximum Gasteiger partial charge on any atom is 0.226 e. The zero-order chi connectivity index (χ0) is 21.6. The number of piperidine rings is 1. The molecule has 4 rings (SSSR count). The number of benzene rings is 2. The molecule has 2 aliphatic rings. The van der Waals surface area contributed by atoms with Crippen LogP contribution in [0.2, 0.25) is 0 Å². The molecule has 0 aliphatic carbocycles. The van der Waals surface area contributed by atoms with Crippen LogP contribution in [-0.2, 0) is 11.3 Å². The van der Waals surface area contributed by atoms with E-state index in [0.29, 0.717) is 18.0 Å². The van der Waals surface area contributed by atoms with Crippen molar-refractivity contribution in [2.75, 3.05) is 33.9 Å². The first-order valence-corrected chi connectivity index (χ1v) is 10.9. The fourth-order valence-electron chi connectivity index (χ4n) is 4.49. The number of hydrogen-bond donors (Lipinski definition) is 3. The lowest BCUT2D eigenvalue weighted by atomic mass is 9.93. The van der Waals surface area contributed by atoms with Crippen molar-refractivity contribution < 1.29 is 14.3 Å². The number of hydrazine groups is 1. The van der Waals surface area contributed by atoms with Crippen molar-refractivity contribution >= 4 is 5.91 Å². The Balaban J connectivity index is 1.32. The summed E-state index contributed by atoms with van der Waals surface area (Å²) in [5.41, 5.74) is 8.74. The average molecular weight is 425 g/mol. The highest BCUT2D eigenvalue weighted by Crippen LogP contribution is 2.33. The molecule has 0 bridgehead atoms. The van der Waals surface area contributed by atoms with Gasteiger partial charge in [0.2, 0.25) is 5.91 Å². The van der Waals surface area contributed by atoms with Crippen molar-refractivity contribution in [3.63, 3.8) is 0 Å². The highest BCUT2D eigenvalue weighted by atomic mass is 16.5. The number of nitrogens with zero attached hydrogens (tertiary/aromatic N) is 1. The van der Waals surface area contributed by atoms with Crippen LogP contribution in [0.5, 0.6) is 11.5 Å². The van der Waals surface area contributed by atoms with E-state index in [1.54, 1.807) is 14.2 Å². The topological polar surface area (TPSA) is 74.9 Å². The average Bonchev–Trinajstić information content (AvgIpc) is 3.31. The van der Waals surface area contributed by atoms with Gasteiger partial charge >= 0.3 is 0 Å². The summed E-state index contributed by atoms with van der Waals surface area (Å²) < 4.78 is 10.8. The third-order valence-corrected chi connectivity index (χ3v) is 6.27. The second-order valence-electron chi connectivity index (χ2n) is 8.27. The van der Waals surface area contributed by atoms with Crippen LogP contribution in [0.4, 0.5) is 0 Å². The van der Waals surface area contributed by atoms with Crippen molar-refractivity contribution in [3.8, 4) is 11.5 Å². The van der Waals surface area contributed by atoms with Crippen LogP contribution in [0.25, 0.3) is 0 Å². The van der Waals surface area contributed by atoms with Gasteiger partial charge in [-0.3, -0.25) is 15.1 Å². The maximum absolute atomic E-state index is 13.1. The Bertz CT molecular complexity index is 868. The lowest BCUT2D eigenvalue weighted by molar-refractivity contribution is -0.126. The summed E-state index contributed by atoms with van der Waals surface area (Å²) in [4.78, 5) is 15.5. The Morgan fingerprint density at radius 3 is 2.52 bits per heavy atom. The number of likely N-dealkylation sites (tertiary alicyclic amines) is 1. The number of ether oxygens (including phenoxy) is 2. The number of amides is 1. The summed E-state index contributed by atoms with van der Waals surface area (Å²) in [6.07, 6.45) is 1.96. The predicted octanol–water partition coefficient (Wildman–Crippen LogP) is 2.25. The molecule has 0 saturated carbocycles. The molecule has 2 saturated heterocycles. The molecule has 2 heterocycles. The van der Waals surface area contributed by atoms with Gasteiger partial charge in [0.15, 0.2) is 11.5 Å². The van der Waals surface area contributed by atoms with Gasteiger partial charge in [0.1, 0.15) is 0 Å². The van der Waals surface area contributed by atoms with Crippen molar-refractivity contribution in [1.82, 2.24) is 21.1 Å². The Kier molecular flexibility index (Phi) is 7.06. The van der Waals surface area contributed by atoms with Gasteiger partial charge < -0.3 is 14.8 Å². The molecule has 1 amide bonds. The maximum atomic E-state index is 13.1. The fraction of sp³-hybridized carbons (Fsp3) is 0.458. The van der Waals surface area contributed by atoms with E-state index in [2.05, 4.69) is 45.3 Å². The van der Waals surface area contributed by atoms with E-state index in [-0.39, 0.29) is 23.9 Å². The Morgan fingerprint density at radius 2 is 1.81 bits per heavy atom. The van der Waals surface area contributed by atoms with Gasteiger partial charge in [-0.2, -0.15) is 0 Å². The summed E-state index contributed by atoms with van der Waals surface area (Å²) >= 11 is 0. The number of carbonyl (C=O) groups is 1. The lowest BCUT2D eigenvalue weighted by Crippen LogP contribution is -2.47. The summed E-state index contributed by atoms with van der Waals surface area (Å²) in [5.74, 6) is 1.26. The van der Waals surface area contributed by atoms with Crippen LogP contribution in [0.3, 0.4) is 0 Å². The minimum atomic E-state index is -0.180. The zero-order valence-electron chi connectivity index (χ0n) is 18.3. The van der Waals surface area contributed by atoms with Gasteiger partial charge in [0.05, 0.1) is 26.2 Å². The minimum Gasteiger partial charge on any atom is -0.493 e. The number of rotatable bonds is 7. The molecule has 31 heavy (non-hydrogen) atoms. The van der Waals surface area contributed by atoms with Crippen LogP contribution in [0, 0.1) is 5.92 Å². The molecule has 2 fully saturated rings. The van der Waals surface area contributed by atoms with Crippen molar-refractivity contribution in [2.45, 2.75) is 31.5 Å². The Hall–Kier alpha value is -2.61. The second-order valence-corrected chi connectivity index (χ2v) is 8.27. The highest BCUT2D eigenvalue weighted by Gasteiger charge is 2.35. The zero-order valence-corrected chi connectivity index (χ0v) is 18.3. The summed E-state index contributed by atoms with van der Waals surface area (Å²) in [5, 5.41) is 3.29. The molecule has 7 heteroatoms. The number of hydrogen-bond acceptors (Lipinski definition) is 6. The van der Waals surface area contributed by atoms with Crippen molar-refractivity contribution in [2.24, 2.45) is 5.92 Å². The number of nitrogens with one attached hydrogen (secondary N) is 3. The van der Waals surface area contributed by atoms with E-state index in [1.807, 2.05) is 24.3 Å². The molecule has 0 spiro atoms. The van der Waals surface area contributed by atoms with Gasteiger partial charge in [0, 0.05) is 32.2 Å². The molecule has 2 aromatic carbocycles. The third kappa shape index (κ3) is 5.18. The minimum absolute atomic E-state index is 0.0961. The smallest absolute Gasteiger partial charge is 0.226 e. The van der Waals surface area contributed by atoms with E-state index in [9.17, 15) is 4.79 Å². The number of methoxy groups -OCH3 is 2. The SMILES string of the molecule is COc1ccc(C2NNCC2C(=O)NC2CCN(Cc3ccccc3)CC2)cc1OC. The molecule has 2 unspecified atom stereocenters. The Morgan fingerprint density at radius 1 is 1.06 bits per heavy atom. The van der Waals surface area contributed by atoms with E-state index in [1.165, 1.54) is 5.56 Å². The van der Waals surface area contributed by atoms with Gasteiger partial charge in [-0.25, -0.2) is 5.43 Å². The molecule has 0 radical (unpaired) electrons. The van der Waals surface area contributed by atoms with E-state index >= 15 is 0 Å². The summed E-state index contributed by atoms with van der Waals surface area (Å²) in [6.45, 7) is 3.57. The van der Waals surface area contributed by atoms with Crippen molar-refractivity contribution in [1.29, 1.82) is 0 Å². The van der Waals surface area contributed by atoms with E-state index in [0.717, 1.165) is 38.0 Å². The molecular weight excluding hydrogens is 392 g/mol. The van der Waals surface area contributed by atoms with E-state index in [4.69, 9.17) is 9.47 Å². The van der Waals surface area contributed by atoms with E-state index < -0.39 is 0 Å². The third-order valence-electron chi connectivity index (χ3n) is 6.27. The molecular formula is C24H32N4O3. The van der Waals surface area contributed by atoms with Crippen LogP contribution < -0.4 is 25.6 Å². The fourth-order valence-corrected chi connectivity index (χ4v) is 4.49. The lowest BCUT2D eigenvalue weighted by Gasteiger charge is -2.33. The monoisotopic (exact) mass is 424 g/mol. The first-order chi connectivity index (χ1) is 15.2. The first kappa shape index (κ1) is 21.6. The van der Waals surface area contributed by atoms with Crippen LogP contribution >= 0.6 is 0 Å². The largest absolute Gasteiger partial charge is 0.493 e. The van der Waals surface area contributed by atoms with Crippen LogP contribution in [0.15, 0.2) is 48.5 Å². The quantitative estimate of drug-likeness (QED) is 0.633. The van der Waals surface area contributed by atoms with Crippen LogP contribution in [-0.4, -0.2) is 50.7 Å². The van der Waals surface area contributed by atoms with Crippen LogP contribution in [0.1, 0.15) is 30.0 Å². The summed E-state index contributed by atoms with van der Waals surface area (Å²) in [6, 6.07) is 16.5. The molecule has 2 aliphatic heterocycles. The Labute approximate surface area is 184 Å². The molecule has 0 aromatic heterocycles. The van der Waals surface area contributed by atoms with Gasteiger partial charge in [-0.1, -0.05) is 36.4 Å². The molecule has 7 nitrogen and oxygen atoms in total. The summed E-state index contributed by atoms with van der Waals surface area (Å²) in [7, 11) is 3.24. The van der Waals surface area contributed by atoms with Gasteiger partial charge in [-0.15, -0.1) is 0 Å². The molecule has 2 aromatic rings. The normalized spacial score (nSPS) is 22.3. The van der Waals surface area contributed by atoms with Gasteiger partial charge in [-0.05, 0) is 36.1 Å². The predicted molar refractivity (Wildman–Crippen MR) is 120 cm³/mol. The highest BCUT2D eigenvalue weighted by molar-refractivity contribution is 5.80.